The molecule has 1 amide bonds. The average Bonchev–Trinajstić information content (AvgIpc) is 2.84. The molecule has 1 fully saturated rings. The molecule has 5 heteroatoms. The van der Waals surface area contributed by atoms with Gasteiger partial charge in [-0.2, -0.15) is 0 Å². The molecule has 5 nitrogen and oxygen atoms in total. The minimum atomic E-state index is -0.253. The summed E-state index contributed by atoms with van der Waals surface area (Å²) < 4.78 is 5.14. The Hall–Kier alpha value is -1.43. The first-order valence-corrected chi connectivity index (χ1v) is 8.44. The van der Waals surface area contributed by atoms with Gasteiger partial charge in [-0.3, -0.25) is 9.69 Å². The monoisotopic (exact) mass is 319 g/mol. The molecule has 23 heavy (non-hydrogen) atoms. The first kappa shape index (κ1) is 17.9. The van der Waals surface area contributed by atoms with E-state index in [2.05, 4.69) is 4.90 Å². The van der Waals surface area contributed by atoms with Crippen LogP contribution in [0.2, 0.25) is 0 Å². The summed E-state index contributed by atoms with van der Waals surface area (Å²) >= 11 is 0. The topological polar surface area (TPSA) is 58.8 Å². The molecule has 1 aromatic rings. The zero-order valence-corrected chi connectivity index (χ0v) is 14.3. The smallest absolute Gasteiger partial charge is 0.227 e. The summed E-state index contributed by atoms with van der Waals surface area (Å²) in [6.45, 7) is 7.12. The molecule has 1 aromatic carbocycles. The second kappa shape index (κ2) is 9.01. The van der Waals surface area contributed by atoms with E-state index in [-0.39, 0.29) is 17.9 Å². The van der Waals surface area contributed by atoms with E-state index in [0.29, 0.717) is 0 Å². The van der Waals surface area contributed by atoms with Gasteiger partial charge in [0.25, 0.3) is 0 Å². The number of methoxy groups -OCH3 is 1. The van der Waals surface area contributed by atoms with Crippen molar-refractivity contribution in [3.8, 4) is 0 Å². The number of rotatable bonds is 6. The first-order chi connectivity index (χ1) is 11.1. The van der Waals surface area contributed by atoms with Crippen LogP contribution >= 0.6 is 0 Å². The largest absolute Gasteiger partial charge is 0.383 e. The second-order valence-electron chi connectivity index (χ2n) is 6.24. The summed E-state index contributed by atoms with van der Waals surface area (Å²) in [6.07, 6.45) is 1.00. The first-order valence-electron chi connectivity index (χ1n) is 8.44. The number of carbonyl (C=O) groups excluding carboxylic acids is 1. The van der Waals surface area contributed by atoms with Gasteiger partial charge in [-0.05, 0) is 18.5 Å². The fraction of sp³-hybridized carbons (Fsp3) is 0.611. The number of ether oxygens (including phenoxy) is 1. The molecule has 1 heterocycles. The van der Waals surface area contributed by atoms with Gasteiger partial charge in [0.2, 0.25) is 5.91 Å². The molecule has 0 saturated carbocycles. The summed E-state index contributed by atoms with van der Waals surface area (Å²) in [5, 5.41) is 0. The fourth-order valence-electron chi connectivity index (χ4n) is 3.04. The fourth-order valence-corrected chi connectivity index (χ4v) is 3.04. The molecule has 0 radical (unpaired) electrons. The van der Waals surface area contributed by atoms with Gasteiger partial charge in [0.05, 0.1) is 12.5 Å². The van der Waals surface area contributed by atoms with Crippen LogP contribution in [-0.2, 0) is 9.53 Å². The Morgan fingerprint density at radius 3 is 2.65 bits per heavy atom. The van der Waals surface area contributed by atoms with E-state index in [1.165, 1.54) is 0 Å². The van der Waals surface area contributed by atoms with Crippen LogP contribution in [0.3, 0.4) is 0 Å². The Balaban J connectivity index is 1.91. The van der Waals surface area contributed by atoms with Crippen molar-refractivity contribution in [2.45, 2.75) is 19.4 Å². The lowest BCUT2D eigenvalue weighted by Crippen LogP contribution is -2.41. The Bertz CT molecular complexity index is 480. The predicted molar refractivity (Wildman–Crippen MR) is 92.0 cm³/mol. The van der Waals surface area contributed by atoms with Gasteiger partial charge in [0.1, 0.15) is 0 Å². The molecular weight excluding hydrogens is 290 g/mol. The lowest BCUT2D eigenvalue weighted by Gasteiger charge is -2.27. The van der Waals surface area contributed by atoms with Crippen LogP contribution < -0.4 is 5.73 Å². The molecule has 0 spiro atoms. The van der Waals surface area contributed by atoms with E-state index in [1.807, 2.05) is 42.2 Å². The van der Waals surface area contributed by atoms with Gasteiger partial charge in [0, 0.05) is 39.3 Å². The number of nitrogens with two attached hydrogens (primary N) is 1. The Morgan fingerprint density at radius 1 is 1.22 bits per heavy atom. The van der Waals surface area contributed by atoms with Crippen molar-refractivity contribution in [1.82, 2.24) is 9.80 Å². The van der Waals surface area contributed by atoms with Gasteiger partial charge in [-0.25, -0.2) is 0 Å². The Morgan fingerprint density at radius 2 is 1.96 bits per heavy atom. The molecule has 1 aliphatic rings. The average molecular weight is 319 g/mol. The molecule has 0 bridgehead atoms. The van der Waals surface area contributed by atoms with Crippen LogP contribution in [-0.4, -0.2) is 62.1 Å². The van der Waals surface area contributed by atoms with E-state index >= 15 is 0 Å². The minimum Gasteiger partial charge on any atom is -0.383 e. The van der Waals surface area contributed by atoms with Crippen LogP contribution in [0, 0.1) is 5.92 Å². The van der Waals surface area contributed by atoms with Crippen LogP contribution in [0.1, 0.15) is 24.9 Å². The zero-order chi connectivity index (χ0) is 16.7. The number of benzene rings is 1. The SMILES string of the molecule is COCCN1CCCN(C(=O)C(C)C(N)c2ccccc2)CC1. The predicted octanol–water partition coefficient (Wildman–Crippen LogP) is 1.50. The quantitative estimate of drug-likeness (QED) is 0.863. The number of hydrogen-bond acceptors (Lipinski definition) is 4. The number of nitrogens with zero attached hydrogens (tertiary/aromatic N) is 2. The van der Waals surface area contributed by atoms with Crippen molar-refractivity contribution in [3.05, 3.63) is 35.9 Å². The van der Waals surface area contributed by atoms with Crippen LogP contribution in [0.4, 0.5) is 0 Å². The van der Waals surface area contributed by atoms with E-state index in [4.69, 9.17) is 10.5 Å². The lowest BCUT2D eigenvalue weighted by molar-refractivity contribution is -0.135. The van der Waals surface area contributed by atoms with E-state index in [9.17, 15) is 4.79 Å². The van der Waals surface area contributed by atoms with Crippen molar-refractivity contribution >= 4 is 5.91 Å². The molecule has 0 aromatic heterocycles. The maximum absolute atomic E-state index is 12.8. The van der Waals surface area contributed by atoms with Gasteiger partial charge >= 0.3 is 0 Å². The zero-order valence-electron chi connectivity index (χ0n) is 14.3. The number of amides is 1. The second-order valence-corrected chi connectivity index (χ2v) is 6.24. The Labute approximate surface area is 139 Å². The van der Waals surface area contributed by atoms with Gasteiger partial charge < -0.3 is 15.4 Å². The summed E-state index contributed by atoms with van der Waals surface area (Å²) in [4.78, 5) is 17.1. The van der Waals surface area contributed by atoms with Crippen LogP contribution in [0.15, 0.2) is 30.3 Å². The van der Waals surface area contributed by atoms with Crippen LogP contribution in [0.25, 0.3) is 0 Å². The number of carbonyl (C=O) groups is 1. The summed E-state index contributed by atoms with van der Waals surface area (Å²) in [6, 6.07) is 9.62. The molecule has 1 aliphatic heterocycles. The molecule has 1 saturated heterocycles. The minimum absolute atomic E-state index is 0.162. The summed E-state index contributed by atoms with van der Waals surface area (Å²) in [5.41, 5.74) is 7.32. The number of hydrogen-bond donors (Lipinski definition) is 1. The van der Waals surface area contributed by atoms with E-state index in [1.54, 1.807) is 7.11 Å². The molecule has 0 aliphatic carbocycles. The van der Waals surface area contributed by atoms with E-state index in [0.717, 1.165) is 51.3 Å². The van der Waals surface area contributed by atoms with Crippen molar-refractivity contribution in [3.63, 3.8) is 0 Å². The third-order valence-corrected chi connectivity index (χ3v) is 4.62. The third-order valence-electron chi connectivity index (χ3n) is 4.62. The highest BCUT2D eigenvalue weighted by molar-refractivity contribution is 5.79. The molecule has 2 N–H and O–H groups in total. The molecular formula is C18H29N3O2. The molecule has 2 unspecified atom stereocenters. The van der Waals surface area contributed by atoms with Crippen molar-refractivity contribution in [2.75, 3.05) is 46.4 Å². The van der Waals surface area contributed by atoms with Gasteiger partial charge in [0.15, 0.2) is 0 Å². The van der Waals surface area contributed by atoms with Crippen LogP contribution in [0.5, 0.6) is 0 Å². The molecule has 2 rings (SSSR count). The molecule has 128 valence electrons. The highest BCUT2D eigenvalue weighted by atomic mass is 16.5. The normalized spacial score (nSPS) is 19.2. The highest BCUT2D eigenvalue weighted by Gasteiger charge is 2.27. The highest BCUT2D eigenvalue weighted by Crippen LogP contribution is 2.21. The van der Waals surface area contributed by atoms with Crippen molar-refractivity contribution in [1.29, 1.82) is 0 Å². The summed E-state index contributed by atoms with van der Waals surface area (Å²) in [5.74, 6) is -0.0436. The van der Waals surface area contributed by atoms with E-state index < -0.39 is 0 Å². The van der Waals surface area contributed by atoms with Crippen molar-refractivity contribution < 1.29 is 9.53 Å². The molecule has 2 atom stereocenters. The Kier molecular flexibility index (Phi) is 7.02. The van der Waals surface area contributed by atoms with Gasteiger partial charge in [-0.15, -0.1) is 0 Å². The maximum atomic E-state index is 12.8. The van der Waals surface area contributed by atoms with Gasteiger partial charge in [-0.1, -0.05) is 37.3 Å². The third kappa shape index (κ3) is 5.03. The summed E-state index contributed by atoms with van der Waals surface area (Å²) in [7, 11) is 1.72. The maximum Gasteiger partial charge on any atom is 0.227 e. The lowest BCUT2D eigenvalue weighted by atomic mass is 9.94. The van der Waals surface area contributed by atoms with Crippen molar-refractivity contribution in [2.24, 2.45) is 11.7 Å². The standard InChI is InChI=1S/C18H29N3O2/c1-15(17(19)16-7-4-3-5-8-16)18(22)21-10-6-9-20(11-12-21)13-14-23-2/h3-5,7-8,15,17H,6,9-14,19H2,1-2H3.